The van der Waals surface area contributed by atoms with E-state index in [0.29, 0.717) is 25.9 Å². The van der Waals surface area contributed by atoms with Crippen LogP contribution in [0.1, 0.15) is 31.2 Å². The number of piperidine rings is 1. The number of sulfonamides is 1. The third-order valence-corrected chi connectivity index (χ3v) is 6.74. The minimum absolute atomic E-state index is 0.0284. The number of hydrogen-bond acceptors (Lipinski definition) is 6. The molecule has 1 atom stereocenters. The molecular formula is C19H25FN4O4S. The monoisotopic (exact) mass is 424 g/mol. The van der Waals surface area contributed by atoms with Crippen molar-refractivity contribution in [1.82, 2.24) is 14.8 Å². The largest absolute Gasteiger partial charge is 0.382 e. The quantitative estimate of drug-likeness (QED) is 0.737. The number of rotatable bonds is 6. The molecule has 0 radical (unpaired) electrons. The number of nitrogens with one attached hydrogen (secondary N) is 2. The molecule has 0 unspecified atom stereocenters. The SMILES string of the molecule is Cc1noc(C)c1S(=O)(=O)N[C@H](C)C(=O)N1CCC(Nc2ccc(F)cc2)CC1. The highest BCUT2D eigenvalue weighted by Crippen LogP contribution is 2.20. The van der Waals surface area contributed by atoms with Crippen LogP contribution in [0.15, 0.2) is 33.7 Å². The van der Waals surface area contributed by atoms with Crippen molar-refractivity contribution in [1.29, 1.82) is 0 Å². The Kier molecular flexibility index (Phi) is 6.23. The number of carbonyl (C=O) groups is 1. The Morgan fingerprint density at radius 2 is 1.86 bits per heavy atom. The molecule has 2 aromatic rings. The summed E-state index contributed by atoms with van der Waals surface area (Å²) in [6, 6.07) is 5.41. The van der Waals surface area contributed by atoms with Gasteiger partial charge >= 0.3 is 0 Å². The second-order valence-electron chi connectivity index (χ2n) is 7.25. The van der Waals surface area contributed by atoms with Gasteiger partial charge in [0, 0.05) is 24.8 Å². The predicted octanol–water partition coefficient (Wildman–Crippen LogP) is 2.20. The van der Waals surface area contributed by atoms with Gasteiger partial charge in [0.1, 0.15) is 16.4 Å². The van der Waals surface area contributed by atoms with E-state index in [9.17, 15) is 17.6 Å². The molecule has 1 aliphatic rings. The molecule has 158 valence electrons. The number of anilines is 1. The Bertz CT molecular complexity index is 947. The number of aryl methyl sites for hydroxylation is 2. The Labute approximate surface area is 169 Å². The number of carbonyl (C=O) groups excluding carboxylic acids is 1. The summed E-state index contributed by atoms with van der Waals surface area (Å²) in [5.74, 6) is -0.383. The van der Waals surface area contributed by atoms with Crippen LogP contribution in [0, 0.1) is 19.7 Å². The van der Waals surface area contributed by atoms with E-state index in [1.807, 2.05) is 0 Å². The average molecular weight is 424 g/mol. The molecule has 0 aliphatic carbocycles. The van der Waals surface area contributed by atoms with E-state index in [0.717, 1.165) is 5.69 Å². The maximum Gasteiger partial charge on any atom is 0.246 e. The van der Waals surface area contributed by atoms with Crippen LogP contribution in [0.2, 0.25) is 0 Å². The van der Waals surface area contributed by atoms with E-state index in [1.54, 1.807) is 17.0 Å². The van der Waals surface area contributed by atoms with E-state index in [4.69, 9.17) is 4.52 Å². The van der Waals surface area contributed by atoms with E-state index in [-0.39, 0.29) is 34.1 Å². The minimum Gasteiger partial charge on any atom is -0.382 e. The molecule has 10 heteroatoms. The first-order valence-electron chi connectivity index (χ1n) is 9.43. The Morgan fingerprint density at radius 1 is 1.24 bits per heavy atom. The number of likely N-dealkylation sites (tertiary alicyclic amines) is 1. The van der Waals surface area contributed by atoms with E-state index >= 15 is 0 Å². The van der Waals surface area contributed by atoms with Gasteiger partial charge in [0.2, 0.25) is 15.9 Å². The third kappa shape index (κ3) is 4.94. The van der Waals surface area contributed by atoms with Gasteiger partial charge in [-0.2, -0.15) is 4.72 Å². The maximum atomic E-state index is 13.0. The number of benzene rings is 1. The summed E-state index contributed by atoms with van der Waals surface area (Å²) < 4.78 is 45.5. The van der Waals surface area contributed by atoms with Gasteiger partial charge < -0.3 is 14.7 Å². The topological polar surface area (TPSA) is 105 Å². The minimum atomic E-state index is -3.91. The van der Waals surface area contributed by atoms with Gasteiger partial charge in [-0.15, -0.1) is 0 Å². The highest BCUT2D eigenvalue weighted by Gasteiger charge is 2.31. The predicted molar refractivity (Wildman–Crippen MR) is 105 cm³/mol. The van der Waals surface area contributed by atoms with Crippen molar-refractivity contribution < 1.29 is 22.1 Å². The van der Waals surface area contributed by atoms with Crippen molar-refractivity contribution in [3.05, 3.63) is 41.5 Å². The molecule has 29 heavy (non-hydrogen) atoms. The molecule has 0 saturated carbocycles. The summed E-state index contributed by atoms with van der Waals surface area (Å²) in [5, 5.41) is 6.99. The van der Waals surface area contributed by atoms with E-state index < -0.39 is 16.1 Å². The zero-order valence-electron chi connectivity index (χ0n) is 16.6. The second-order valence-corrected chi connectivity index (χ2v) is 8.90. The summed E-state index contributed by atoms with van der Waals surface area (Å²) in [6.07, 6.45) is 1.43. The highest BCUT2D eigenvalue weighted by molar-refractivity contribution is 7.89. The summed E-state index contributed by atoms with van der Waals surface area (Å²) >= 11 is 0. The normalized spacial score (nSPS) is 16.6. The molecule has 1 saturated heterocycles. The molecule has 1 fully saturated rings. The van der Waals surface area contributed by atoms with Crippen LogP contribution in [0.3, 0.4) is 0 Å². The fraction of sp³-hybridized carbons (Fsp3) is 0.474. The molecule has 0 spiro atoms. The average Bonchev–Trinajstić information content (AvgIpc) is 3.02. The van der Waals surface area contributed by atoms with Gasteiger partial charge in [-0.3, -0.25) is 4.79 Å². The number of aromatic nitrogens is 1. The van der Waals surface area contributed by atoms with Crippen LogP contribution >= 0.6 is 0 Å². The number of nitrogens with zero attached hydrogens (tertiary/aromatic N) is 2. The van der Waals surface area contributed by atoms with Gasteiger partial charge in [-0.25, -0.2) is 12.8 Å². The van der Waals surface area contributed by atoms with Crippen molar-refractivity contribution in [2.75, 3.05) is 18.4 Å². The van der Waals surface area contributed by atoms with Crippen LogP contribution < -0.4 is 10.0 Å². The number of hydrogen-bond donors (Lipinski definition) is 2. The smallest absolute Gasteiger partial charge is 0.246 e. The first-order chi connectivity index (χ1) is 13.7. The van der Waals surface area contributed by atoms with E-state index in [1.165, 1.54) is 32.9 Å². The fourth-order valence-electron chi connectivity index (χ4n) is 3.50. The van der Waals surface area contributed by atoms with Crippen molar-refractivity contribution in [3.63, 3.8) is 0 Å². The number of amides is 1. The van der Waals surface area contributed by atoms with Crippen molar-refractivity contribution in [2.45, 2.75) is 50.6 Å². The second kappa shape index (κ2) is 8.50. The molecule has 2 N–H and O–H groups in total. The zero-order valence-corrected chi connectivity index (χ0v) is 17.4. The molecule has 1 aromatic heterocycles. The maximum absolute atomic E-state index is 13.0. The van der Waals surface area contributed by atoms with Crippen LogP contribution in [0.4, 0.5) is 10.1 Å². The van der Waals surface area contributed by atoms with Gasteiger partial charge in [0.05, 0.1) is 6.04 Å². The Balaban J connectivity index is 1.55. The zero-order chi connectivity index (χ0) is 21.2. The van der Waals surface area contributed by atoms with Gasteiger partial charge in [-0.1, -0.05) is 5.16 Å². The van der Waals surface area contributed by atoms with Crippen LogP contribution in [0.5, 0.6) is 0 Å². The molecule has 1 amide bonds. The highest BCUT2D eigenvalue weighted by atomic mass is 32.2. The van der Waals surface area contributed by atoms with Crippen LogP contribution in [0.25, 0.3) is 0 Å². The first kappa shape index (κ1) is 21.3. The van der Waals surface area contributed by atoms with Crippen LogP contribution in [-0.2, 0) is 14.8 Å². The lowest BCUT2D eigenvalue weighted by molar-refractivity contribution is -0.133. The molecule has 3 rings (SSSR count). The fourth-order valence-corrected chi connectivity index (χ4v) is 5.03. The molecule has 2 heterocycles. The summed E-state index contributed by atoms with van der Waals surface area (Å²) in [6.45, 7) is 5.60. The standard InChI is InChI=1S/C19H25FN4O4S/c1-12-18(14(3)28-22-12)29(26,27)23-13(2)19(25)24-10-8-17(9-11-24)21-16-6-4-15(20)5-7-16/h4-7,13,17,21,23H,8-11H2,1-3H3/t13-/m1/s1. The number of halogens is 1. The van der Waals surface area contributed by atoms with Gasteiger partial charge in [0.25, 0.3) is 0 Å². The molecule has 1 aliphatic heterocycles. The molecule has 0 bridgehead atoms. The lowest BCUT2D eigenvalue weighted by Gasteiger charge is -2.34. The summed E-state index contributed by atoms with van der Waals surface area (Å²) in [5.41, 5.74) is 1.08. The molecule has 8 nitrogen and oxygen atoms in total. The van der Waals surface area contributed by atoms with E-state index in [2.05, 4.69) is 15.2 Å². The summed E-state index contributed by atoms with van der Waals surface area (Å²) in [4.78, 5) is 14.3. The Morgan fingerprint density at radius 3 is 2.41 bits per heavy atom. The van der Waals surface area contributed by atoms with Crippen molar-refractivity contribution in [3.8, 4) is 0 Å². The molecular weight excluding hydrogens is 399 g/mol. The summed E-state index contributed by atoms with van der Waals surface area (Å²) in [7, 11) is -3.91. The van der Waals surface area contributed by atoms with Crippen molar-refractivity contribution >= 4 is 21.6 Å². The molecule has 1 aromatic carbocycles. The lowest BCUT2D eigenvalue weighted by Crippen LogP contribution is -2.50. The van der Waals surface area contributed by atoms with Gasteiger partial charge in [0.15, 0.2) is 5.76 Å². The lowest BCUT2D eigenvalue weighted by atomic mass is 10.0. The Hall–Kier alpha value is -2.46. The van der Waals surface area contributed by atoms with Crippen LogP contribution in [-0.4, -0.2) is 49.6 Å². The first-order valence-corrected chi connectivity index (χ1v) is 10.9. The van der Waals surface area contributed by atoms with Gasteiger partial charge in [-0.05, 0) is 57.9 Å². The third-order valence-electron chi connectivity index (χ3n) is 4.96. The van der Waals surface area contributed by atoms with Crippen molar-refractivity contribution in [2.24, 2.45) is 0 Å².